The first-order chi connectivity index (χ1) is 3.27. The van der Waals surface area contributed by atoms with Crippen molar-refractivity contribution < 1.29 is 9.59 Å². The molecule has 3 heteroatoms. The summed E-state index contributed by atoms with van der Waals surface area (Å²) in [5.41, 5.74) is 0. The summed E-state index contributed by atoms with van der Waals surface area (Å²) in [5, 5.41) is 0. The lowest BCUT2D eigenvalue weighted by Gasteiger charge is -1.93. The third-order valence-electron chi connectivity index (χ3n) is 0.211. The average Bonchev–Trinajstić information content (AvgIpc) is 1.73. The third-order valence-corrected chi connectivity index (χ3v) is 0.211. The second-order valence-corrected chi connectivity index (χ2v) is 1.07. The Labute approximate surface area is 42.9 Å². The van der Waals surface area contributed by atoms with Gasteiger partial charge < -0.3 is 9.69 Å². The molecule has 0 spiro atoms. The first-order valence-electron chi connectivity index (χ1n) is 1.68. The lowest BCUT2D eigenvalue weighted by Crippen LogP contribution is -2.06. The molecule has 1 amide bonds. The van der Waals surface area contributed by atoms with Gasteiger partial charge in [-0.15, -0.1) is 0 Å². The van der Waals surface area contributed by atoms with Gasteiger partial charge in [0, 0.05) is 14.1 Å². The molecule has 0 saturated heterocycles. The normalized spacial score (nSPS) is 5.43. The number of nitrogens with zero attached hydrogens (tertiary/aromatic N) is 1. The molecule has 0 radical (unpaired) electrons. The number of rotatable bonds is 1. The number of amides is 1. The van der Waals surface area contributed by atoms with Crippen LogP contribution >= 0.6 is 0 Å². The van der Waals surface area contributed by atoms with E-state index in [4.69, 9.17) is 4.79 Å². The van der Waals surface area contributed by atoms with Gasteiger partial charge in [-0.1, -0.05) is 0 Å². The maximum absolute atomic E-state index is 9.43. The van der Waals surface area contributed by atoms with E-state index in [1.807, 2.05) is 6.79 Å². The molecule has 0 aliphatic carbocycles. The van der Waals surface area contributed by atoms with Crippen LogP contribution in [0.4, 0.5) is 0 Å². The molecule has 0 aromatic rings. The topological polar surface area (TPSA) is 37.4 Å². The van der Waals surface area contributed by atoms with Crippen LogP contribution in [0.2, 0.25) is 0 Å². The molecule has 0 rings (SSSR count). The highest BCUT2D eigenvalue weighted by Crippen LogP contribution is 1.52. The van der Waals surface area contributed by atoms with Crippen molar-refractivity contribution in [2.24, 2.45) is 0 Å². The van der Waals surface area contributed by atoms with Gasteiger partial charge >= 0.3 is 0 Å². The molecule has 0 saturated carbocycles. The number of carbonyl (C=O) groups excluding carboxylic acids is 2. The van der Waals surface area contributed by atoms with Crippen molar-refractivity contribution in [3.8, 4) is 0 Å². The first-order valence-corrected chi connectivity index (χ1v) is 1.68. The standard InChI is InChI=1S/C3H7NO.CH2O/c1-4(2)3-5;1-2/h3H,1-2H3;1H2. The minimum absolute atomic E-state index is 0.750. The fourth-order valence-electron chi connectivity index (χ4n) is 0. The second-order valence-electron chi connectivity index (χ2n) is 1.07. The van der Waals surface area contributed by atoms with Crippen LogP contribution in [0.15, 0.2) is 0 Å². The maximum atomic E-state index is 9.43. The minimum Gasteiger partial charge on any atom is -0.351 e. The molecule has 7 heavy (non-hydrogen) atoms. The van der Waals surface area contributed by atoms with E-state index >= 15 is 0 Å². The minimum atomic E-state index is 0.750. The zero-order chi connectivity index (χ0) is 6.28. The summed E-state index contributed by atoms with van der Waals surface area (Å²) in [6.45, 7) is 2.00. The largest absolute Gasteiger partial charge is 0.351 e. The Kier molecular flexibility index (Phi) is 12.1. The van der Waals surface area contributed by atoms with Crippen molar-refractivity contribution >= 4 is 13.2 Å². The lowest BCUT2D eigenvalue weighted by atomic mass is 11.0. The van der Waals surface area contributed by atoms with E-state index in [0.29, 0.717) is 0 Å². The van der Waals surface area contributed by atoms with Crippen LogP contribution in [0.5, 0.6) is 0 Å². The highest BCUT2D eigenvalue weighted by atomic mass is 16.1. The predicted octanol–water partition coefficient (Wildman–Crippen LogP) is -0.480. The Morgan fingerprint density at radius 3 is 1.57 bits per heavy atom. The van der Waals surface area contributed by atoms with Gasteiger partial charge in [-0.2, -0.15) is 0 Å². The van der Waals surface area contributed by atoms with Gasteiger partial charge in [0.15, 0.2) is 0 Å². The van der Waals surface area contributed by atoms with E-state index in [-0.39, 0.29) is 0 Å². The summed E-state index contributed by atoms with van der Waals surface area (Å²) in [4.78, 5) is 18.9. The molecular formula is C4H9NO2. The molecule has 0 aromatic carbocycles. The molecule has 0 bridgehead atoms. The van der Waals surface area contributed by atoms with Crippen LogP contribution in [-0.2, 0) is 9.59 Å². The average molecular weight is 103 g/mol. The van der Waals surface area contributed by atoms with E-state index in [9.17, 15) is 4.79 Å². The maximum Gasteiger partial charge on any atom is 0.209 e. The third kappa shape index (κ3) is 39.0. The first kappa shape index (κ1) is 9.46. The Balaban J connectivity index is 0. The molecule has 0 atom stereocenters. The quantitative estimate of drug-likeness (QED) is 0.420. The Morgan fingerprint density at radius 1 is 1.43 bits per heavy atom. The van der Waals surface area contributed by atoms with Crippen LogP contribution in [0.3, 0.4) is 0 Å². The van der Waals surface area contributed by atoms with E-state index in [2.05, 4.69) is 0 Å². The fraction of sp³-hybridized carbons (Fsp3) is 0.500. The van der Waals surface area contributed by atoms with Gasteiger partial charge in [-0.05, 0) is 0 Å². The SMILES string of the molecule is C=O.CN(C)C=O. The van der Waals surface area contributed by atoms with E-state index in [1.165, 1.54) is 4.90 Å². The van der Waals surface area contributed by atoms with Crippen LogP contribution < -0.4 is 0 Å². The molecule has 0 unspecified atom stereocenters. The van der Waals surface area contributed by atoms with Crippen molar-refractivity contribution in [2.45, 2.75) is 0 Å². The van der Waals surface area contributed by atoms with Gasteiger partial charge in [-0.3, -0.25) is 4.79 Å². The van der Waals surface area contributed by atoms with Gasteiger partial charge in [0.05, 0.1) is 0 Å². The summed E-state index contributed by atoms with van der Waals surface area (Å²) in [6, 6.07) is 0. The van der Waals surface area contributed by atoms with Crippen molar-refractivity contribution in [2.75, 3.05) is 14.1 Å². The number of carbonyl (C=O) groups is 2. The Morgan fingerprint density at radius 2 is 1.57 bits per heavy atom. The Bertz CT molecular complexity index is 45.0. The van der Waals surface area contributed by atoms with Gasteiger partial charge in [0.1, 0.15) is 6.79 Å². The van der Waals surface area contributed by atoms with E-state index in [0.717, 1.165) is 6.41 Å². The molecule has 0 aliphatic heterocycles. The summed E-state index contributed by atoms with van der Waals surface area (Å²) < 4.78 is 0. The monoisotopic (exact) mass is 103 g/mol. The Hall–Kier alpha value is -0.860. The van der Waals surface area contributed by atoms with Crippen LogP contribution in [-0.4, -0.2) is 32.2 Å². The molecule has 0 heterocycles. The molecule has 0 fully saturated rings. The summed E-state index contributed by atoms with van der Waals surface area (Å²) >= 11 is 0. The molecular weight excluding hydrogens is 94.0 g/mol. The van der Waals surface area contributed by atoms with Crippen molar-refractivity contribution in [1.29, 1.82) is 0 Å². The molecule has 3 nitrogen and oxygen atoms in total. The molecule has 42 valence electrons. The van der Waals surface area contributed by atoms with Crippen LogP contribution in [0, 0.1) is 0 Å². The van der Waals surface area contributed by atoms with Gasteiger partial charge in [0.2, 0.25) is 6.41 Å². The van der Waals surface area contributed by atoms with Crippen LogP contribution in [0.25, 0.3) is 0 Å². The smallest absolute Gasteiger partial charge is 0.209 e. The summed E-state index contributed by atoms with van der Waals surface area (Å²) in [5.74, 6) is 0. The van der Waals surface area contributed by atoms with Crippen molar-refractivity contribution in [1.82, 2.24) is 4.90 Å². The summed E-state index contributed by atoms with van der Waals surface area (Å²) in [7, 11) is 3.38. The van der Waals surface area contributed by atoms with Crippen molar-refractivity contribution in [3.63, 3.8) is 0 Å². The van der Waals surface area contributed by atoms with Gasteiger partial charge in [0.25, 0.3) is 0 Å². The van der Waals surface area contributed by atoms with Crippen LogP contribution in [0.1, 0.15) is 0 Å². The fourth-order valence-corrected chi connectivity index (χ4v) is 0. The highest BCUT2D eigenvalue weighted by Gasteiger charge is 1.68. The molecule has 0 aliphatic rings. The predicted molar refractivity (Wildman–Crippen MR) is 26.9 cm³/mol. The lowest BCUT2D eigenvalue weighted by molar-refractivity contribution is -0.115. The van der Waals surface area contributed by atoms with Crippen molar-refractivity contribution in [3.05, 3.63) is 0 Å². The summed E-state index contributed by atoms with van der Waals surface area (Å²) in [6.07, 6.45) is 0.750. The van der Waals surface area contributed by atoms with Gasteiger partial charge in [-0.25, -0.2) is 0 Å². The zero-order valence-corrected chi connectivity index (χ0v) is 4.55. The number of hydrogen-bond donors (Lipinski definition) is 0. The number of hydrogen-bond acceptors (Lipinski definition) is 2. The van der Waals surface area contributed by atoms with E-state index < -0.39 is 0 Å². The molecule has 0 aromatic heterocycles. The zero-order valence-electron chi connectivity index (χ0n) is 4.55. The second kappa shape index (κ2) is 8.94. The van der Waals surface area contributed by atoms with E-state index in [1.54, 1.807) is 14.1 Å². The highest BCUT2D eigenvalue weighted by molar-refractivity contribution is 5.45. The molecule has 0 N–H and O–H groups in total.